The Morgan fingerprint density at radius 1 is 1.29 bits per heavy atom. The zero-order valence-electron chi connectivity index (χ0n) is 10.8. The molecule has 110 valence electrons. The van der Waals surface area contributed by atoms with Crippen LogP contribution in [0.15, 0.2) is 41.4 Å². The number of pyridine rings is 1. The highest BCUT2D eigenvalue weighted by Gasteiger charge is 2.19. The minimum absolute atomic E-state index is 0.0854. The van der Waals surface area contributed by atoms with Gasteiger partial charge in [-0.05, 0) is 25.1 Å². The van der Waals surface area contributed by atoms with Gasteiger partial charge >= 0.3 is 0 Å². The molecule has 0 saturated carbocycles. The van der Waals surface area contributed by atoms with Crippen molar-refractivity contribution >= 4 is 33.0 Å². The van der Waals surface area contributed by atoms with Gasteiger partial charge in [0.25, 0.3) is 15.7 Å². The van der Waals surface area contributed by atoms with Crippen molar-refractivity contribution in [2.75, 3.05) is 4.72 Å². The van der Waals surface area contributed by atoms with Crippen LogP contribution < -0.4 is 4.72 Å². The monoisotopic (exact) mass is 327 g/mol. The summed E-state index contributed by atoms with van der Waals surface area (Å²) in [5.41, 5.74) is 0.205. The van der Waals surface area contributed by atoms with Crippen LogP contribution in [0.2, 0.25) is 5.15 Å². The number of rotatable bonds is 4. The predicted molar refractivity (Wildman–Crippen MR) is 77.9 cm³/mol. The zero-order valence-corrected chi connectivity index (χ0v) is 12.4. The highest BCUT2D eigenvalue weighted by Crippen LogP contribution is 2.27. The van der Waals surface area contributed by atoms with Crippen LogP contribution in [0.3, 0.4) is 0 Å². The molecule has 0 bridgehead atoms. The molecule has 2 aromatic rings. The largest absolute Gasteiger partial charge is 0.279 e. The molecule has 0 amide bonds. The van der Waals surface area contributed by atoms with Crippen LogP contribution in [0.25, 0.3) is 0 Å². The van der Waals surface area contributed by atoms with Gasteiger partial charge in [-0.3, -0.25) is 14.8 Å². The molecule has 0 aliphatic rings. The lowest BCUT2D eigenvalue weighted by atomic mass is 10.2. The van der Waals surface area contributed by atoms with Crippen LogP contribution in [0, 0.1) is 17.0 Å². The molecule has 1 aromatic carbocycles. The summed E-state index contributed by atoms with van der Waals surface area (Å²) in [5.74, 6) is 0. The number of hydrogen-bond acceptors (Lipinski definition) is 5. The van der Waals surface area contributed by atoms with Gasteiger partial charge < -0.3 is 0 Å². The molecule has 0 radical (unpaired) electrons. The molecule has 21 heavy (non-hydrogen) atoms. The Morgan fingerprint density at radius 3 is 2.57 bits per heavy atom. The molecule has 0 aliphatic heterocycles. The van der Waals surface area contributed by atoms with E-state index < -0.39 is 14.9 Å². The third-order valence-electron chi connectivity index (χ3n) is 2.76. The van der Waals surface area contributed by atoms with E-state index in [9.17, 15) is 18.5 Å². The van der Waals surface area contributed by atoms with Crippen LogP contribution in [0.4, 0.5) is 11.4 Å². The van der Waals surface area contributed by atoms with Crippen LogP contribution in [0.1, 0.15) is 5.56 Å². The summed E-state index contributed by atoms with van der Waals surface area (Å²) in [5, 5.41) is 11.0. The zero-order chi connectivity index (χ0) is 15.6. The van der Waals surface area contributed by atoms with Gasteiger partial charge in [0, 0.05) is 12.3 Å². The van der Waals surface area contributed by atoms with Gasteiger partial charge in [0.15, 0.2) is 0 Å². The molecule has 1 heterocycles. The quantitative estimate of drug-likeness (QED) is 0.528. The average Bonchev–Trinajstić information content (AvgIpc) is 2.41. The topological polar surface area (TPSA) is 102 Å². The first-order valence-electron chi connectivity index (χ1n) is 5.69. The lowest BCUT2D eigenvalue weighted by Crippen LogP contribution is -2.14. The smallest absolute Gasteiger partial charge is 0.274 e. The third kappa shape index (κ3) is 3.29. The van der Waals surface area contributed by atoms with Gasteiger partial charge in [-0.15, -0.1) is 0 Å². The van der Waals surface area contributed by atoms with Gasteiger partial charge in [0.1, 0.15) is 10.0 Å². The molecule has 0 atom stereocenters. The maximum absolute atomic E-state index is 12.2. The van der Waals surface area contributed by atoms with E-state index in [-0.39, 0.29) is 27.0 Å². The van der Waals surface area contributed by atoms with Crippen molar-refractivity contribution in [2.45, 2.75) is 11.8 Å². The van der Waals surface area contributed by atoms with E-state index in [0.717, 1.165) is 6.20 Å². The molecule has 0 spiro atoms. The Labute approximate surface area is 125 Å². The Morgan fingerprint density at radius 2 is 2.00 bits per heavy atom. The minimum atomic E-state index is -3.89. The van der Waals surface area contributed by atoms with Gasteiger partial charge in [0.05, 0.1) is 16.2 Å². The number of benzene rings is 1. The molecule has 9 heteroatoms. The highest BCUT2D eigenvalue weighted by atomic mass is 35.5. The number of hydrogen-bond donors (Lipinski definition) is 1. The second-order valence-corrected chi connectivity index (χ2v) is 6.20. The molecule has 0 aliphatic carbocycles. The molecular weight excluding hydrogens is 318 g/mol. The summed E-state index contributed by atoms with van der Waals surface area (Å²) >= 11 is 5.60. The molecule has 0 saturated heterocycles. The number of halogens is 1. The number of nitrogens with zero attached hydrogens (tertiary/aromatic N) is 2. The maximum atomic E-state index is 12.2. The van der Waals surface area contributed by atoms with Crippen LogP contribution in [-0.4, -0.2) is 18.3 Å². The van der Waals surface area contributed by atoms with Crippen molar-refractivity contribution in [3.63, 3.8) is 0 Å². The van der Waals surface area contributed by atoms with Crippen molar-refractivity contribution in [2.24, 2.45) is 0 Å². The first kappa shape index (κ1) is 15.2. The maximum Gasteiger partial charge on any atom is 0.274 e. The van der Waals surface area contributed by atoms with Crippen molar-refractivity contribution in [1.82, 2.24) is 4.98 Å². The first-order valence-corrected chi connectivity index (χ1v) is 7.56. The lowest BCUT2D eigenvalue weighted by Gasteiger charge is -2.10. The second-order valence-electron chi connectivity index (χ2n) is 4.13. The molecule has 0 fully saturated rings. The minimum Gasteiger partial charge on any atom is -0.279 e. The fraction of sp³-hybridized carbons (Fsp3) is 0.0833. The Hall–Kier alpha value is -2.19. The normalized spacial score (nSPS) is 11.1. The van der Waals surface area contributed by atoms with E-state index in [1.165, 1.54) is 37.3 Å². The summed E-state index contributed by atoms with van der Waals surface area (Å²) in [4.78, 5) is 13.9. The number of nitro benzene ring substituents is 1. The van der Waals surface area contributed by atoms with Crippen molar-refractivity contribution in [1.29, 1.82) is 0 Å². The summed E-state index contributed by atoms with van der Waals surface area (Å²) in [6.45, 7) is 1.47. The third-order valence-corrected chi connectivity index (χ3v) is 4.33. The van der Waals surface area contributed by atoms with Gasteiger partial charge in [-0.1, -0.05) is 17.7 Å². The van der Waals surface area contributed by atoms with Gasteiger partial charge in [-0.2, -0.15) is 0 Å². The van der Waals surface area contributed by atoms with Crippen molar-refractivity contribution in [3.05, 3.63) is 57.4 Å². The standard InChI is InChI=1S/C12H10ClN3O4S/c1-8-10(3-2-4-11(8)16(17)18)15-21(19,20)9-5-6-12(13)14-7-9/h2-7,15H,1H3. The average molecular weight is 328 g/mol. The fourth-order valence-corrected chi connectivity index (χ4v) is 2.84. The summed E-state index contributed by atoms with van der Waals surface area (Å²) in [7, 11) is -3.89. The SMILES string of the molecule is Cc1c(NS(=O)(=O)c2ccc(Cl)nc2)cccc1[N+](=O)[O-]. The first-order chi connectivity index (χ1) is 9.81. The summed E-state index contributed by atoms with van der Waals surface area (Å²) in [6.07, 6.45) is 1.11. The summed E-state index contributed by atoms with van der Waals surface area (Å²) in [6, 6.07) is 6.80. The van der Waals surface area contributed by atoms with Crippen LogP contribution >= 0.6 is 11.6 Å². The number of nitrogens with one attached hydrogen (secondary N) is 1. The van der Waals surface area contributed by atoms with Crippen molar-refractivity contribution < 1.29 is 13.3 Å². The van der Waals surface area contributed by atoms with Crippen LogP contribution in [-0.2, 0) is 10.0 Å². The van der Waals surface area contributed by atoms with Crippen molar-refractivity contribution in [3.8, 4) is 0 Å². The number of nitro groups is 1. The van der Waals surface area contributed by atoms with Gasteiger partial charge in [0.2, 0.25) is 0 Å². The molecule has 1 N–H and O–H groups in total. The summed E-state index contributed by atoms with van der Waals surface area (Å²) < 4.78 is 26.7. The molecule has 7 nitrogen and oxygen atoms in total. The lowest BCUT2D eigenvalue weighted by molar-refractivity contribution is -0.385. The predicted octanol–water partition coefficient (Wildman–Crippen LogP) is 2.75. The van der Waals surface area contributed by atoms with Crippen LogP contribution in [0.5, 0.6) is 0 Å². The number of sulfonamides is 1. The van der Waals surface area contributed by atoms with E-state index in [0.29, 0.717) is 0 Å². The number of anilines is 1. The second kappa shape index (κ2) is 5.66. The van der Waals surface area contributed by atoms with E-state index >= 15 is 0 Å². The Kier molecular flexibility index (Phi) is 4.10. The number of aromatic nitrogens is 1. The van der Waals surface area contributed by atoms with E-state index in [2.05, 4.69) is 9.71 Å². The highest BCUT2D eigenvalue weighted by molar-refractivity contribution is 7.92. The molecule has 2 rings (SSSR count). The van der Waals surface area contributed by atoms with E-state index in [1.807, 2.05) is 0 Å². The van der Waals surface area contributed by atoms with E-state index in [1.54, 1.807) is 0 Å². The van der Waals surface area contributed by atoms with Gasteiger partial charge in [-0.25, -0.2) is 13.4 Å². The fourth-order valence-electron chi connectivity index (χ4n) is 1.66. The Bertz CT molecular complexity index is 791. The molecular formula is C12H10ClN3O4S. The Balaban J connectivity index is 2.39. The van der Waals surface area contributed by atoms with E-state index in [4.69, 9.17) is 11.6 Å². The molecule has 0 unspecified atom stereocenters. The molecule has 1 aromatic heterocycles.